The van der Waals surface area contributed by atoms with Crippen LogP contribution in [0.25, 0.3) is 5.70 Å². The van der Waals surface area contributed by atoms with Crippen LogP contribution in [0.15, 0.2) is 96.0 Å². The highest BCUT2D eigenvalue weighted by Crippen LogP contribution is 2.15. The normalized spacial score (nSPS) is 12.1. The molecule has 0 bridgehead atoms. The van der Waals surface area contributed by atoms with Crippen molar-refractivity contribution in [1.29, 1.82) is 0 Å². The summed E-state index contributed by atoms with van der Waals surface area (Å²) in [6.07, 6.45) is 6.68. The summed E-state index contributed by atoms with van der Waals surface area (Å²) >= 11 is 0. The van der Waals surface area contributed by atoms with Crippen molar-refractivity contribution in [2.24, 2.45) is 10.7 Å². The van der Waals surface area contributed by atoms with E-state index in [4.69, 9.17) is 10.7 Å². The number of primary amides is 1. The van der Waals surface area contributed by atoms with Crippen LogP contribution >= 0.6 is 0 Å². The van der Waals surface area contributed by atoms with Gasteiger partial charge in [0.05, 0.1) is 0 Å². The van der Waals surface area contributed by atoms with Crippen LogP contribution in [0.3, 0.4) is 0 Å². The second kappa shape index (κ2) is 15.4. The van der Waals surface area contributed by atoms with Crippen LogP contribution in [0.2, 0.25) is 0 Å². The maximum atomic E-state index is 11.4. The smallest absolute Gasteiger partial charge is 0.248 e. The van der Waals surface area contributed by atoms with Gasteiger partial charge in [-0.15, -0.1) is 0 Å². The maximum Gasteiger partial charge on any atom is 0.248 e. The minimum absolute atomic E-state index is 0.397. The average Bonchev–Trinajstić information content (AvgIpc) is 2.94. The van der Waals surface area contributed by atoms with Gasteiger partial charge in [0.15, 0.2) is 0 Å². The van der Waals surface area contributed by atoms with Crippen molar-refractivity contribution in [3.63, 3.8) is 0 Å². The van der Waals surface area contributed by atoms with Gasteiger partial charge < -0.3 is 11.1 Å². The van der Waals surface area contributed by atoms with Gasteiger partial charge >= 0.3 is 0 Å². The highest BCUT2D eigenvalue weighted by molar-refractivity contribution is 6.03. The molecular weight excluding hydrogens is 456 g/mol. The van der Waals surface area contributed by atoms with Crippen LogP contribution in [0.1, 0.15) is 66.6 Å². The summed E-state index contributed by atoms with van der Waals surface area (Å²) in [5.41, 5.74) is 10.4. The molecule has 3 aromatic rings. The van der Waals surface area contributed by atoms with Gasteiger partial charge in [0.1, 0.15) is 5.84 Å². The molecule has 3 aromatic carbocycles. The molecule has 0 unspecified atom stereocenters. The average molecular weight is 497 g/mol. The van der Waals surface area contributed by atoms with E-state index in [0.29, 0.717) is 5.56 Å². The molecule has 0 aromatic heterocycles. The minimum atomic E-state index is -0.397. The summed E-state index contributed by atoms with van der Waals surface area (Å²) in [6, 6.07) is 28.4. The number of carbonyl (C=O) groups is 1. The number of nitrogens with zero attached hydrogens (tertiary/aromatic N) is 2. The molecule has 0 saturated carbocycles. The number of carbonyl (C=O) groups excluding carboxylic acids is 1. The number of nitrogens with two attached hydrogens (primary N) is 1. The van der Waals surface area contributed by atoms with Crippen LogP contribution in [-0.4, -0.2) is 36.3 Å². The first-order valence-electron chi connectivity index (χ1n) is 13.3. The SMILES string of the molecule is CCCCN=C(N/C(=C/CN(CCCC)Cc1ccc(C(N)=O)cc1)c1ccccc1)c1ccccc1. The molecular formula is C32H40N4O. The van der Waals surface area contributed by atoms with Crippen molar-refractivity contribution in [2.75, 3.05) is 19.6 Å². The number of aliphatic imine (C=N–C) groups is 1. The van der Waals surface area contributed by atoms with Gasteiger partial charge in [0, 0.05) is 36.5 Å². The third kappa shape index (κ3) is 9.36. The van der Waals surface area contributed by atoms with E-state index in [0.717, 1.165) is 80.1 Å². The second-order valence-corrected chi connectivity index (χ2v) is 9.21. The van der Waals surface area contributed by atoms with E-state index in [-0.39, 0.29) is 0 Å². The van der Waals surface area contributed by atoms with Crippen LogP contribution in [0, 0.1) is 0 Å². The molecule has 0 aliphatic heterocycles. The van der Waals surface area contributed by atoms with Crippen molar-refractivity contribution < 1.29 is 4.79 Å². The Balaban J connectivity index is 1.86. The van der Waals surface area contributed by atoms with E-state index in [2.05, 4.69) is 66.5 Å². The Labute approximate surface area is 222 Å². The molecule has 37 heavy (non-hydrogen) atoms. The molecule has 0 fully saturated rings. The van der Waals surface area contributed by atoms with E-state index >= 15 is 0 Å². The Bertz CT molecular complexity index is 1140. The standard InChI is InChI=1S/C32H40N4O/c1-3-5-22-34-32(29-15-11-8-12-16-29)35-30(27-13-9-7-10-14-27)21-24-36(23-6-4-2)25-26-17-19-28(20-18-26)31(33)37/h7-21H,3-6,22-25H2,1-2H3,(H2,33,37)(H,34,35)/b30-21+. The van der Waals surface area contributed by atoms with Crippen molar-refractivity contribution in [3.8, 4) is 0 Å². The van der Waals surface area contributed by atoms with Crippen LogP contribution < -0.4 is 11.1 Å². The largest absolute Gasteiger partial charge is 0.366 e. The van der Waals surface area contributed by atoms with E-state index < -0.39 is 5.91 Å². The molecule has 0 aliphatic rings. The topological polar surface area (TPSA) is 70.7 Å². The van der Waals surface area contributed by atoms with Crippen LogP contribution in [0.4, 0.5) is 0 Å². The first-order valence-corrected chi connectivity index (χ1v) is 13.3. The third-order valence-corrected chi connectivity index (χ3v) is 6.19. The monoisotopic (exact) mass is 496 g/mol. The Morgan fingerprint density at radius 3 is 2.05 bits per heavy atom. The van der Waals surface area contributed by atoms with Gasteiger partial charge in [-0.25, -0.2) is 0 Å². The molecule has 0 spiro atoms. The molecule has 0 radical (unpaired) electrons. The summed E-state index contributed by atoms with van der Waals surface area (Å²) in [5, 5.41) is 3.67. The molecule has 3 N–H and O–H groups in total. The summed E-state index contributed by atoms with van der Waals surface area (Å²) in [7, 11) is 0. The maximum absolute atomic E-state index is 11.4. The first-order chi connectivity index (χ1) is 18.1. The van der Waals surface area contributed by atoms with Gasteiger partial charge in [-0.05, 0) is 48.7 Å². The lowest BCUT2D eigenvalue weighted by atomic mass is 10.1. The summed E-state index contributed by atoms with van der Waals surface area (Å²) in [4.78, 5) is 18.8. The predicted molar refractivity (Wildman–Crippen MR) is 155 cm³/mol. The molecule has 0 atom stereocenters. The van der Waals surface area contributed by atoms with Crippen LogP contribution in [0.5, 0.6) is 0 Å². The Kier molecular flexibility index (Phi) is 11.6. The molecule has 3 rings (SSSR count). The lowest BCUT2D eigenvalue weighted by molar-refractivity contribution is 0.1000. The number of unbranched alkanes of at least 4 members (excludes halogenated alkanes) is 2. The molecule has 0 heterocycles. The fourth-order valence-electron chi connectivity index (χ4n) is 4.00. The highest BCUT2D eigenvalue weighted by atomic mass is 16.1. The third-order valence-electron chi connectivity index (χ3n) is 6.19. The van der Waals surface area contributed by atoms with E-state index in [1.54, 1.807) is 12.1 Å². The number of amides is 1. The van der Waals surface area contributed by atoms with Crippen molar-refractivity contribution >= 4 is 17.4 Å². The number of hydrogen-bond donors (Lipinski definition) is 2. The molecule has 0 saturated heterocycles. The van der Waals surface area contributed by atoms with Crippen molar-refractivity contribution in [3.05, 3.63) is 113 Å². The summed E-state index contributed by atoms with van der Waals surface area (Å²) < 4.78 is 0. The number of amidine groups is 1. The quantitative estimate of drug-likeness (QED) is 0.157. The van der Waals surface area contributed by atoms with E-state index in [1.165, 1.54) is 0 Å². The zero-order valence-corrected chi connectivity index (χ0v) is 22.2. The first kappa shape index (κ1) is 27.9. The molecule has 1 amide bonds. The Morgan fingerprint density at radius 2 is 1.46 bits per heavy atom. The lowest BCUT2D eigenvalue weighted by Crippen LogP contribution is -2.27. The van der Waals surface area contributed by atoms with Gasteiger partial charge in [-0.2, -0.15) is 0 Å². The van der Waals surface area contributed by atoms with E-state index in [9.17, 15) is 4.79 Å². The van der Waals surface area contributed by atoms with Crippen molar-refractivity contribution in [1.82, 2.24) is 10.2 Å². The number of benzene rings is 3. The Morgan fingerprint density at radius 1 is 0.838 bits per heavy atom. The predicted octanol–water partition coefficient (Wildman–Crippen LogP) is 6.27. The van der Waals surface area contributed by atoms with Gasteiger partial charge in [-0.3, -0.25) is 14.7 Å². The highest BCUT2D eigenvalue weighted by Gasteiger charge is 2.11. The minimum Gasteiger partial charge on any atom is -0.366 e. The zero-order valence-electron chi connectivity index (χ0n) is 22.2. The fraction of sp³-hybridized carbons (Fsp3) is 0.312. The molecule has 0 aliphatic carbocycles. The molecule has 5 nitrogen and oxygen atoms in total. The van der Waals surface area contributed by atoms with Gasteiger partial charge in [-0.1, -0.05) is 99.5 Å². The fourth-order valence-corrected chi connectivity index (χ4v) is 4.00. The zero-order chi connectivity index (χ0) is 26.3. The summed E-state index contributed by atoms with van der Waals surface area (Å²) in [5.74, 6) is 0.497. The number of hydrogen-bond acceptors (Lipinski definition) is 3. The molecule has 194 valence electrons. The van der Waals surface area contributed by atoms with Crippen LogP contribution in [-0.2, 0) is 6.54 Å². The lowest BCUT2D eigenvalue weighted by Gasteiger charge is -2.22. The van der Waals surface area contributed by atoms with Gasteiger partial charge in [0.2, 0.25) is 5.91 Å². The molecule has 5 heteroatoms. The number of nitrogens with one attached hydrogen (secondary N) is 1. The summed E-state index contributed by atoms with van der Waals surface area (Å²) in [6.45, 7) is 7.76. The Hall–Kier alpha value is -3.70. The number of rotatable bonds is 14. The van der Waals surface area contributed by atoms with E-state index in [1.807, 2.05) is 36.4 Å². The van der Waals surface area contributed by atoms with Gasteiger partial charge in [0.25, 0.3) is 0 Å². The second-order valence-electron chi connectivity index (χ2n) is 9.21. The van der Waals surface area contributed by atoms with Crippen molar-refractivity contribution in [2.45, 2.75) is 46.1 Å².